The first-order valence-electron chi connectivity index (χ1n) is 9.14. The minimum absolute atomic E-state index is 0.0188. The summed E-state index contributed by atoms with van der Waals surface area (Å²) in [6.07, 6.45) is 0. The van der Waals surface area contributed by atoms with Crippen LogP contribution in [-0.2, 0) is 0 Å². The van der Waals surface area contributed by atoms with Gasteiger partial charge >= 0.3 is 0 Å². The molecule has 30 heavy (non-hydrogen) atoms. The second-order valence-corrected chi connectivity index (χ2v) is 9.14. The number of anilines is 1. The summed E-state index contributed by atoms with van der Waals surface area (Å²) in [6, 6.07) is 11.2. The molecule has 5 rings (SSSR count). The summed E-state index contributed by atoms with van der Waals surface area (Å²) >= 11 is 13.7. The highest BCUT2D eigenvalue weighted by atomic mass is 35.5. The molecule has 0 aliphatic carbocycles. The van der Waals surface area contributed by atoms with E-state index in [1.807, 2.05) is 19.9 Å². The van der Waals surface area contributed by atoms with Gasteiger partial charge in [0.2, 0.25) is 5.76 Å². The summed E-state index contributed by atoms with van der Waals surface area (Å²) in [5.74, 6) is -0.386. The molecular formula is C22H14Cl2N2O3S. The molecule has 1 aliphatic heterocycles. The number of rotatable bonds is 2. The van der Waals surface area contributed by atoms with Crippen LogP contribution in [0.1, 0.15) is 38.3 Å². The van der Waals surface area contributed by atoms with Crippen molar-refractivity contribution in [1.29, 1.82) is 0 Å². The van der Waals surface area contributed by atoms with Crippen molar-refractivity contribution in [2.24, 2.45) is 0 Å². The van der Waals surface area contributed by atoms with Crippen molar-refractivity contribution in [1.82, 2.24) is 4.98 Å². The van der Waals surface area contributed by atoms with Gasteiger partial charge in [0.25, 0.3) is 5.91 Å². The summed E-state index contributed by atoms with van der Waals surface area (Å²) in [5.41, 5.74) is 1.82. The summed E-state index contributed by atoms with van der Waals surface area (Å²) in [4.78, 5) is 34.0. The summed E-state index contributed by atoms with van der Waals surface area (Å²) in [6.45, 7) is 3.83. The number of aryl methyl sites for hydroxylation is 2. The molecule has 0 saturated carbocycles. The molecule has 8 heteroatoms. The molecule has 0 saturated heterocycles. The van der Waals surface area contributed by atoms with E-state index in [2.05, 4.69) is 4.98 Å². The molecule has 1 atom stereocenters. The predicted molar refractivity (Wildman–Crippen MR) is 119 cm³/mol. The Labute approximate surface area is 185 Å². The van der Waals surface area contributed by atoms with Crippen LogP contribution >= 0.6 is 34.5 Å². The normalized spacial score (nSPS) is 15.8. The third-order valence-corrected chi connectivity index (χ3v) is 6.76. The van der Waals surface area contributed by atoms with Crippen LogP contribution in [0.25, 0.3) is 11.0 Å². The van der Waals surface area contributed by atoms with Crippen molar-refractivity contribution in [3.63, 3.8) is 0 Å². The van der Waals surface area contributed by atoms with Crippen molar-refractivity contribution in [2.75, 3.05) is 4.90 Å². The number of fused-ring (bicyclic) bond motifs is 2. The second kappa shape index (κ2) is 6.94. The van der Waals surface area contributed by atoms with Crippen molar-refractivity contribution in [3.8, 4) is 0 Å². The number of nitrogens with zero attached hydrogens (tertiary/aromatic N) is 2. The third kappa shape index (κ3) is 2.87. The van der Waals surface area contributed by atoms with Crippen molar-refractivity contribution in [3.05, 3.63) is 90.2 Å². The first-order valence-corrected chi connectivity index (χ1v) is 10.7. The molecule has 0 bridgehead atoms. The zero-order valence-corrected chi connectivity index (χ0v) is 18.2. The van der Waals surface area contributed by atoms with Crippen LogP contribution in [0.5, 0.6) is 0 Å². The third-order valence-electron chi connectivity index (χ3n) is 5.22. The molecule has 0 fully saturated rings. The van der Waals surface area contributed by atoms with Crippen molar-refractivity contribution >= 4 is 56.5 Å². The molecule has 4 aromatic rings. The van der Waals surface area contributed by atoms with Crippen LogP contribution in [0.2, 0.25) is 10.0 Å². The lowest BCUT2D eigenvalue weighted by Gasteiger charge is -2.22. The Morgan fingerprint density at radius 2 is 1.83 bits per heavy atom. The monoisotopic (exact) mass is 456 g/mol. The molecule has 2 aromatic carbocycles. The van der Waals surface area contributed by atoms with Crippen LogP contribution in [0.15, 0.2) is 51.7 Å². The molecule has 150 valence electrons. The smallest absolute Gasteiger partial charge is 0.297 e. The Kier molecular flexibility index (Phi) is 4.47. The number of halogens is 2. The Morgan fingerprint density at radius 3 is 2.53 bits per heavy atom. The number of carbonyl (C=O) groups is 1. The zero-order valence-electron chi connectivity index (χ0n) is 15.9. The number of amides is 1. The maximum absolute atomic E-state index is 13.5. The minimum atomic E-state index is -0.698. The lowest BCUT2D eigenvalue weighted by atomic mass is 9.99. The maximum Gasteiger partial charge on any atom is 0.297 e. The van der Waals surface area contributed by atoms with Gasteiger partial charge in [-0.05, 0) is 49.7 Å². The summed E-state index contributed by atoms with van der Waals surface area (Å²) in [7, 11) is 0. The summed E-state index contributed by atoms with van der Waals surface area (Å²) in [5, 5.41) is 1.76. The fraction of sp³-hybridized carbons (Fsp3) is 0.136. The highest BCUT2D eigenvalue weighted by Gasteiger charge is 2.45. The quantitative estimate of drug-likeness (QED) is 0.375. The lowest BCUT2D eigenvalue weighted by molar-refractivity contribution is 0.0971. The molecular weight excluding hydrogens is 443 g/mol. The van der Waals surface area contributed by atoms with Crippen molar-refractivity contribution < 1.29 is 9.21 Å². The molecule has 1 aliphatic rings. The molecule has 5 nitrogen and oxygen atoms in total. The topological polar surface area (TPSA) is 63.4 Å². The van der Waals surface area contributed by atoms with E-state index in [0.29, 0.717) is 31.7 Å². The lowest BCUT2D eigenvalue weighted by Crippen LogP contribution is -2.29. The largest absolute Gasteiger partial charge is 0.450 e. The van der Waals surface area contributed by atoms with Gasteiger partial charge in [0, 0.05) is 14.9 Å². The van der Waals surface area contributed by atoms with E-state index in [9.17, 15) is 9.59 Å². The molecule has 0 radical (unpaired) electrons. The van der Waals surface area contributed by atoms with Crippen molar-refractivity contribution in [2.45, 2.75) is 19.9 Å². The minimum Gasteiger partial charge on any atom is -0.450 e. The molecule has 0 N–H and O–H groups in total. The van der Waals surface area contributed by atoms with Gasteiger partial charge in [-0.3, -0.25) is 14.5 Å². The maximum atomic E-state index is 13.5. The van der Waals surface area contributed by atoms with E-state index in [1.54, 1.807) is 36.4 Å². The number of thiazole rings is 1. The Balaban J connectivity index is 1.84. The van der Waals surface area contributed by atoms with Gasteiger partial charge in [0.15, 0.2) is 10.6 Å². The molecule has 2 aromatic heterocycles. The number of aromatic nitrogens is 1. The number of carbonyl (C=O) groups excluding carboxylic acids is 1. The molecule has 3 heterocycles. The van der Waals surface area contributed by atoms with Gasteiger partial charge in [0.1, 0.15) is 5.58 Å². The van der Waals surface area contributed by atoms with Gasteiger partial charge in [0.05, 0.1) is 22.7 Å². The fourth-order valence-corrected chi connectivity index (χ4v) is 5.00. The van der Waals surface area contributed by atoms with Crippen LogP contribution in [0.3, 0.4) is 0 Å². The predicted octanol–water partition coefficient (Wildman–Crippen LogP) is 5.92. The molecule has 1 amide bonds. The van der Waals surface area contributed by atoms with E-state index in [1.165, 1.54) is 16.2 Å². The fourth-order valence-electron chi connectivity index (χ4n) is 3.69. The number of hydrogen-bond donors (Lipinski definition) is 0. The highest BCUT2D eigenvalue weighted by Crippen LogP contribution is 2.43. The summed E-state index contributed by atoms with van der Waals surface area (Å²) < 4.78 is 5.92. The van der Waals surface area contributed by atoms with Crippen LogP contribution < -0.4 is 10.3 Å². The van der Waals surface area contributed by atoms with E-state index in [4.69, 9.17) is 27.6 Å². The second-order valence-electron chi connectivity index (χ2n) is 7.09. The molecule has 0 spiro atoms. The number of hydrogen-bond acceptors (Lipinski definition) is 5. The van der Waals surface area contributed by atoms with Crippen LogP contribution in [0.4, 0.5) is 5.13 Å². The Hall–Kier alpha value is -2.67. The van der Waals surface area contributed by atoms with E-state index in [-0.39, 0.29) is 16.8 Å². The number of benzene rings is 2. The zero-order chi connectivity index (χ0) is 21.2. The average Bonchev–Trinajstić information content (AvgIpc) is 3.19. The Bertz CT molecular complexity index is 1390. The first kappa shape index (κ1) is 19.3. The van der Waals surface area contributed by atoms with Gasteiger partial charge in [-0.1, -0.05) is 35.3 Å². The Morgan fingerprint density at radius 1 is 1.07 bits per heavy atom. The standard InChI is InChI=1S/C22H14Cl2N2O3S/c1-10-11(2)30-22(25-10)26-18(12-4-3-5-13(23)8-12)17-19(27)15-9-14(24)6-7-16(15)29-20(17)21(26)28/h3-9,18H,1-2H3/t18-/m1/s1. The van der Waals surface area contributed by atoms with Gasteiger partial charge in [-0.2, -0.15) is 0 Å². The van der Waals surface area contributed by atoms with Gasteiger partial charge in [-0.15, -0.1) is 11.3 Å². The SMILES string of the molecule is Cc1nc(N2C(=O)c3oc4ccc(Cl)cc4c(=O)c3[C@H]2c2cccc(Cl)c2)sc1C. The van der Waals surface area contributed by atoms with E-state index < -0.39 is 11.9 Å². The van der Waals surface area contributed by atoms with E-state index >= 15 is 0 Å². The van der Waals surface area contributed by atoms with Crippen LogP contribution in [-0.4, -0.2) is 10.9 Å². The highest BCUT2D eigenvalue weighted by molar-refractivity contribution is 7.15. The average molecular weight is 457 g/mol. The van der Waals surface area contributed by atoms with Crippen LogP contribution in [0, 0.1) is 13.8 Å². The van der Waals surface area contributed by atoms with Gasteiger partial charge in [-0.25, -0.2) is 4.98 Å². The molecule has 0 unspecified atom stereocenters. The van der Waals surface area contributed by atoms with Gasteiger partial charge < -0.3 is 4.42 Å². The van der Waals surface area contributed by atoms with E-state index in [0.717, 1.165) is 10.6 Å². The first-order chi connectivity index (χ1) is 14.3.